The molecule has 0 saturated carbocycles. The van der Waals surface area contributed by atoms with E-state index in [1.807, 2.05) is 6.07 Å². The molecule has 2 heteroatoms. The Morgan fingerprint density at radius 1 is 1.19 bits per heavy atom. The molecule has 1 saturated heterocycles. The van der Waals surface area contributed by atoms with E-state index in [1.165, 1.54) is 11.1 Å². The van der Waals surface area contributed by atoms with E-state index in [4.69, 9.17) is 4.74 Å². The Bertz CT molecular complexity index is 382. The summed E-state index contributed by atoms with van der Waals surface area (Å²) in [6.45, 7) is 1.60. The molecule has 0 spiro atoms. The molecule has 1 atom stereocenters. The Hall–Kier alpha value is -0.860. The molecule has 0 aromatic heterocycles. The summed E-state index contributed by atoms with van der Waals surface area (Å²) in [6, 6.07) is 8.34. The van der Waals surface area contributed by atoms with Crippen molar-refractivity contribution in [1.29, 1.82) is 0 Å². The first-order valence-electron chi connectivity index (χ1n) is 6.19. The first-order valence-corrected chi connectivity index (χ1v) is 6.19. The van der Waals surface area contributed by atoms with Crippen molar-refractivity contribution in [3.8, 4) is 0 Å². The van der Waals surface area contributed by atoms with Crippen molar-refractivity contribution in [3.05, 3.63) is 35.4 Å². The molecule has 0 bridgehead atoms. The second kappa shape index (κ2) is 3.86. The normalized spacial score (nSPS) is 30.3. The van der Waals surface area contributed by atoms with Crippen LogP contribution in [0.3, 0.4) is 0 Å². The highest BCUT2D eigenvalue weighted by atomic mass is 16.5. The minimum Gasteiger partial charge on any atom is -0.385 e. The van der Waals surface area contributed by atoms with Crippen LogP contribution in [-0.2, 0) is 16.8 Å². The highest BCUT2D eigenvalue weighted by Gasteiger charge is 2.43. The lowest BCUT2D eigenvalue weighted by Crippen LogP contribution is -2.36. The van der Waals surface area contributed by atoms with Crippen LogP contribution >= 0.6 is 0 Å². The lowest BCUT2D eigenvalue weighted by Gasteiger charge is -2.36. The smallest absolute Gasteiger partial charge is 0.0932 e. The molecule has 16 heavy (non-hydrogen) atoms. The molecular formula is C14H18O2. The fourth-order valence-electron chi connectivity index (χ4n) is 3.22. The van der Waals surface area contributed by atoms with Gasteiger partial charge in [0.1, 0.15) is 0 Å². The van der Waals surface area contributed by atoms with Crippen molar-refractivity contribution in [3.63, 3.8) is 0 Å². The quantitative estimate of drug-likeness (QED) is 0.783. The Kier molecular flexibility index (Phi) is 2.49. The minimum atomic E-state index is -0.583. The van der Waals surface area contributed by atoms with E-state index >= 15 is 0 Å². The van der Waals surface area contributed by atoms with Crippen LogP contribution in [0, 0.1) is 5.92 Å². The van der Waals surface area contributed by atoms with E-state index in [2.05, 4.69) is 18.2 Å². The van der Waals surface area contributed by atoms with Crippen molar-refractivity contribution in [2.45, 2.75) is 31.3 Å². The number of hydrogen-bond acceptors (Lipinski definition) is 2. The van der Waals surface area contributed by atoms with Gasteiger partial charge in [-0.2, -0.15) is 0 Å². The maximum absolute atomic E-state index is 10.9. The molecule has 86 valence electrons. The largest absolute Gasteiger partial charge is 0.385 e. The zero-order valence-electron chi connectivity index (χ0n) is 9.48. The Labute approximate surface area is 96.2 Å². The van der Waals surface area contributed by atoms with Gasteiger partial charge in [-0.05, 0) is 42.7 Å². The molecule has 3 rings (SSSR count). The summed E-state index contributed by atoms with van der Waals surface area (Å²) in [5.41, 5.74) is 1.92. The predicted molar refractivity (Wildman–Crippen MR) is 62.2 cm³/mol. The zero-order valence-corrected chi connectivity index (χ0v) is 9.48. The second-order valence-corrected chi connectivity index (χ2v) is 4.97. The maximum Gasteiger partial charge on any atom is 0.0932 e. The standard InChI is InChI=1S/C14H18O2/c15-14(12-6-9-16-10-7-12)8-5-11-3-1-2-4-13(11)14/h1-4,12,15H,5-10H2. The summed E-state index contributed by atoms with van der Waals surface area (Å²) in [7, 11) is 0. The second-order valence-electron chi connectivity index (χ2n) is 4.97. The molecular weight excluding hydrogens is 200 g/mol. The van der Waals surface area contributed by atoms with Crippen LogP contribution in [0.25, 0.3) is 0 Å². The Morgan fingerprint density at radius 2 is 1.94 bits per heavy atom. The predicted octanol–water partition coefficient (Wildman–Crippen LogP) is 2.25. The third-order valence-corrected chi connectivity index (χ3v) is 4.16. The van der Waals surface area contributed by atoms with Crippen molar-refractivity contribution in [2.24, 2.45) is 5.92 Å². The number of aryl methyl sites for hydroxylation is 1. The van der Waals surface area contributed by atoms with E-state index in [0.717, 1.165) is 38.9 Å². The Morgan fingerprint density at radius 3 is 2.75 bits per heavy atom. The lowest BCUT2D eigenvalue weighted by molar-refractivity contribution is -0.0691. The molecule has 2 nitrogen and oxygen atoms in total. The van der Waals surface area contributed by atoms with Crippen LogP contribution in [0.2, 0.25) is 0 Å². The third-order valence-electron chi connectivity index (χ3n) is 4.16. The highest BCUT2D eigenvalue weighted by Crippen LogP contribution is 2.45. The van der Waals surface area contributed by atoms with Gasteiger partial charge in [-0.15, -0.1) is 0 Å². The van der Waals surface area contributed by atoms with Crippen molar-refractivity contribution >= 4 is 0 Å². The van der Waals surface area contributed by atoms with Crippen LogP contribution in [0.1, 0.15) is 30.4 Å². The van der Waals surface area contributed by atoms with Crippen LogP contribution in [0.4, 0.5) is 0 Å². The molecule has 0 amide bonds. The first kappa shape index (κ1) is 10.3. The van der Waals surface area contributed by atoms with Crippen LogP contribution in [-0.4, -0.2) is 18.3 Å². The minimum absolute atomic E-state index is 0.380. The van der Waals surface area contributed by atoms with Gasteiger partial charge in [0.2, 0.25) is 0 Å². The van der Waals surface area contributed by atoms with Gasteiger partial charge in [-0.3, -0.25) is 0 Å². The van der Waals surface area contributed by atoms with Crippen molar-refractivity contribution in [1.82, 2.24) is 0 Å². The fraction of sp³-hybridized carbons (Fsp3) is 0.571. The number of aliphatic hydroxyl groups is 1. The Balaban J connectivity index is 1.94. The molecule has 1 unspecified atom stereocenters. The van der Waals surface area contributed by atoms with Crippen LogP contribution in [0.5, 0.6) is 0 Å². The van der Waals surface area contributed by atoms with Crippen molar-refractivity contribution in [2.75, 3.05) is 13.2 Å². The summed E-state index contributed by atoms with van der Waals surface area (Å²) in [6.07, 6.45) is 3.89. The van der Waals surface area contributed by atoms with E-state index < -0.39 is 5.60 Å². The molecule has 1 aliphatic heterocycles. The van der Waals surface area contributed by atoms with Crippen LogP contribution in [0.15, 0.2) is 24.3 Å². The van der Waals surface area contributed by atoms with Gasteiger partial charge < -0.3 is 9.84 Å². The summed E-state index contributed by atoms with van der Waals surface area (Å²) < 4.78 is 5.38. The number of rotatable bonds is 1. The molecule has 1 aromatic rings. The molecule has 1 heterocycles. The van der Waals surface area contributed by atoms with Gasteiger partial charge >= 0.3 is 0 Å². The third kappa shape index (κ3) is 1.48. The number of fused-ring (bicyclic) bond motifs is 1. The molecule has 1 N–H and O–H groups in total. The average Bonchev–Trinajstić information content (AvgIpc) is 2.71. The SMILES string of the molecule is OC1(C2CCOCC2)CCc2ccccc21. The lowest BCUT2D eigenvalue weighted by atomic mass is 9.78. The average molecular weight is 218 g/mol. The number of benzene rings is 1. The topological polar surface area (TPSA) is 29.5 Å². The highest BCUT2D eigenvalue weighted by molar-refractivity contribution is 5.37. The molecule has 1 aliphatic carbocycles. The fourth-order valence-corrected chi connectivity index (χ4v) is 3.22. The first-order chi connectivity index (χ1) is 7.81. The van der Waals surface area contributed by atoms with Gasteiger partial charge in [0, 0.05) is 13.2 Å². The number of ether oxygens (including phenoxy) is 1. The molecule has 1 fully saturated rings. The van der Waals surface area contributed by atoms with Gasteiger partial charge in [-0.1, -0.05) is 24.3 Å². The van der Waals surface area contributed by atoms with E-state index in [0.29, 0.717) is 5.92 Å². The van der Waals surface area contributed by atoms with E-state index in [9.17, 15) is 5.11 Å². The summed E-state index contributed by atoms with van der Waals surface area (Å²) >= 11 is 0. The summed E-state index contributed by atoms with van der Waals surface area (Å²) in [5, 5.41) is 10.9. The monoisotopic (exact) mass is 218 g/mol. The van der Waals surface area contributed by atoms with E-state index in [1.54, 1.807) is 0 Å². The number of hydrogen-bond donors (Lipinski definition) is 1. The molecule has 1 aromatic carbocycles. The maximum atomic E-state index is 10.9. The van der Waals surface area contributed by atoms with Crippen molar-refractivity contribution < 1.29 is 9.84 Å². The molecule has 0 radical (unpaired) electrons. The summed E-state index contributed by atoms with van der Waals surface area (Å²) in [5.74, 6) is 0.380. The van der Waals surface area contributed by atoms with E-state index in [-0.39, 0.29) is 0 Å². The summed E-state index contributed by atoms with van der Waals surface area (Å²) in [4.78, 5) is 0. The van der Waals surface area contributed by atoms with Gasteiger partial charge in [0.05, 0.1) is 5.60 Å². The van der Waals surface area contributed by atoms with Gasteiger partial charge in [0.15, 0.2) is 0 Å². The van der Waals surface area contributed by atoms with Gasteiger partial charge in [-0.25, -0.2) is 0 Å². The van der Waals surface area contributed by atoms with Crippen LogP contribution < -0.4 is 0 Å². The van der Waals surface area contributed by atoms with Gasteiger partial charge in [0.25, 0.3) is 0 Å². The zero-order chi connectivity index (χ0) is 11.0. The molecule has 2 aliphatic rings.